The molecule has 0 spiro atoms. The Morgan fingerprint density at radius 1 is 1.35 bits per heavy atom. The first-order valence-corrected chi connectivity index (χ1v) is 9.15. The highest BCUT2D eigenvalue weighted by Gasteiger charge is 2.24. The van der Waals surface area contributed by atoms with Gasteiger partial charge in [0.25, 0.3) is 5.91 Å². The summed E-state index contributed by atoms with van der Waals surface area (Å²) in [6, 6.07) is 9.10. The van der Waals surface area contributed by atoms with E-state index in [0.717, 1.165) is 30.2 Å². The molecule has 3 rings (SSSR count). The molecule has 1 aromatic heterocycles. The van der Waals surface area contributed by atoms with Crippen molar-refractivity contribution in [3.8, 4) is 0 Å². The Labute approximate surface area is 145 Å². The van der Waals surface area contributed by atoms with Gasteiger partial charge in [-0.05, 0) is 24.3 Å². The van der Waals surface area contributed by atoms with E-state index in [0.29, 0.717) is 17.1 Å². The maximum absolute atomic E-state index is 12.3. The van der Waals surface area contributed by atoms with E-state index in [4.69, 9.17) is 16.0 Å². The lowest BCUT2D eigenvalue weighted by Crippen LogP contribution is -2.41. The van der Waals surface area contributed by atoms with Crippen molar-refractivity contribution in [3.63, 3.8) is 0 Å². The minimum Gasteiger partial charge on any atom is -0.472 e. The zero-order chi connectivity index (χ0) is 16.1. The van der Waals surface area contributed by atoms with Gasteiger partial charge < -0.3 is 9.73 Å². The average Bonchev–Trinajstić information content (AvgIpc) is 3.10. The fourth-order valence-electron chi connectivity index (χ4n) is 2.73. The van der Waals surface area contributed by atoms with Crippen LogP contribution in [-0.4, -0.2) is 41.9 Å². The summed E-state index contributed by atoms with van der Waals surface area (Å²) < 4.78 is 5.23. The summed E-state index contributed by atoms with van der Waals surface area (Å²) in [6.07, 6.45) is 3.44. The highest BCUT2D eigenvalue weighted by molar-refractivity contribution is 7.99. The molecule has 1 fully saturated rings. The molecule has 1 N–H and O–H groups in total. The third-order valence-electron chi connectivity index (χ3n) is 3.96. The molecule has 122 valence electrons. The van der Waals surface area contributed by atoms with Crippen molar-refractivity contribution in [2.75, 3.05) is 31.1 Å². The molecular weight excluding hydrogens is 332 g/mol. The van der Waals surface area contributed by atoms with E-state index in [1.54, 1.807) is 36.8 Å². The summed E-state index contributed by atoms with van der Waals surface area (Å²) in [5, 5.41) is 3.59. The number of furan rings is 1. The predicted molar refractivity (Wildman–Crippen MR) is 94.1 cm³/mol. The van der Waals surface area contributed by atoms with Crippen molar-refractivity contribution in [1.29, 1.82) is 0 Å². The van der Waals surface area contributed by atoms with Crippen LogP contribution in [0.5, 0.6) is 0 Å². The zero-order valence-electron chi connectivity index (χ0n) is 12.7. The van der Waals surface area contributed by atoms with E-state index in [1.807, 2.05) is 17.8 Å². The fraction of sp³-hybridized carbons (Fsp3) is 0.353. The number of rotatable bonds is 5. The van der Waals surface area contributed by atoms with Crippen LogP contribution in [0.4, 0.5) is 0 Å². The molecule has 0 bridgehead atoms. The second kappa shape index (κ2) is 7.90. The van der Waals surface area contributed by atoms with Gasteiger partial charge in [0.2, 0.25) is 0 Å². The Bertz CT molecular complexity index is 642. The number of thioether (sulfide) groups is 1. The molecule has 0 aliphatic carbocycles. The molecule has 1 amide bonds. The molecule has 4 nitrogen and oxygen atoms in total. The number of amides is 1. The molecule has 2 heterocycles. The van der Waals surface area contributed by atoms with Crippen molar-refractivity contribution < 1.29 is 9.21 Å². The van der Waals surface area contributed by atoms with Crippen LogP contribution in [0.2, 0.25) is 5.02 Å². The van der Waals surface area contributed by atoms with Gasteiger partial charge in [-0.3, -0.25) is 9.69 Å². The van der Waals surface area contributed by atoms with Crippen LogP contribution < -0.4 is 5.32 Å². The Hall–Kier alpha value is -1.43. The van der Waals surface area contributed by atoms with Crippen LogP contribution in [0, 0.1) is 0 Å². The number of benzene rings is 1. The molecule has 0 saturated carbocycles. The topological polar surface area (TPSA) is 45.5 Å². The first-order valence-electron chi connectivity index (χ1n) is 7.62. The summed E-state index contributed by atoms with van der Waals surface area (Å²) in [5.41, 5.74) is 1.68. The maximum atomic E-state index is 12.3. The number of hydrogen-bond acceptors (Lipinski definition) is 4. The summed E-state index contributed by atoms with van der Waals surface area (Å²) in [6.45, 7) is 2.59. The van der Waals surface area contributed by atoms with E-state index < -0.39 is 0 Å². The first kappa shape index (κ1) is 16.4. The predicted octanol–water partition coefficient (Wildman–Crippen LogP) is 3.45. The minimum atomic E-state index is -0.104. The molecule has 1 aliphatic heterocycles. The monoisotopic (exact) mass is 350 g/mol. The van der Waals surface area contributed by atoms with Crippen LogP contribution in [0.25, 0.3) is 0 Å². The first-order chi connectivity index (χ1) is 11.2. The second-order valence-electron chi connectivity index (χ2n) is 5.44. The van der Waals surface area contributed by atoms with E-state index in [2.05, 4.69) is 10.2 Å². The van der Waals surface area contributed by atoms with Crippen molar-refractivity contribution in [1.82, 2.24) is 10.2 Å². The number of hydrogen-bond donors (Lipinski definition) is 1. The van der Waals surface area contributed by atoms with Gasteiger partial charge >= 0.3 is 0 Å². The van der Waals surface area contributed by atoms with E-state index in [-0.39, 0.29) is 11.9 Å². The van der Waals surface area contributed by atoms with Crippen molar-refractivity contribution in [3.05, 3.63) is 59.0 Å². The van der Waals surface area contributed by atoms with E-state index in [9.17, 15) is 4.79 Å². The summed E-state index contributed by atoms with van der Waals surface area (Å²) in [4.78, 5) is 14.7. The van der Waals surface area contributed by atoms with Gasteiger partial charge in [0.15, 0.2) is 0 Å². The van der Waals surface area contributed by atoms with Crippen LogP contribution in [0.1, 0.15) is 22.0 Å². The van der Waals surface area contributed by atoms with Gasteiger partial charge in [0, 0.05) is 47.3 Å². The van der Waals surface area contributed by atoms with Gasteiger partial charge in [0.1, 0.15) is 0 Å². The molecule has 1 unspecified atom stereocenters. The lowest BCUT2D eigenvalue weighted by atomic mass is 10.1. The van der Waals surface area contributed by atoms with E-state index >= 15 is 0 Å². The molecule has 1 atom stereocenters. The quantitative estimate of drug-likeness (QED) is 0.897. The molecule has 1 saturated heterocycles. The third-order valence-corrected chi connectivity index (χ3v) is 5.13. The van der Waals surface area contributed by atoms with Crippen LogP contribution in [0.15, 0.2) is 47.3 Å². The lowest BCUT2D eigenvalue weighted by molar-refractivity contribution is 0.0934. The van der Waals surface area contributed by atoms with Gasteiger partial charge in [-0.2, -0.15) is 11.8 Å². The van der Waals surface area contributed by atoms with Gasteiger partial charge in [-0.15, -0.1) is 0 Å². The standard InChI is InChI=1S/C17H19ClN2O2S/c18-15-3-1-2-13(10-15)17(21)19-11-16(14-4-7-22-12-14)20-5-8-23-9-6-20/h1-4,7,10,12,16H,5-6,8-9,11H2,(H,19,21). The SMILES string of the molecule is O=C(NCC(c1ccoc1)N1CCSCC1)c1cccc(Cl)c1. The van der Waals surface area contributed by atoms with Crippen molar-refractivity contribution in [2.45, 2.75) is 6.04 Å². The molecular formula is C17H19ClN2O2S. The molecule has 6 heteroatoms. The highest BCUT2D eigenvalue weighted by atomic mass is 35.5. The summed E-state index contributed by atoms with van der Waals surface area (Å²) in [7, 11) is 0. The number of nitrogens with zero attached hydrogens (tertiary/aromatic N) is 1. The summed E-state index contributed by atoms with van der Waals surface area (Å²) in [5.74, 6) is 2.14. The van der Waals surface area contributed by atoms with Crippen LogP contribution in [0.3, 0.4) is 0 Å². The van der Waals surface area contributed by atoms with Crippen LogP contribution >= 0.6 is 23.4 Å². The molecule has 1 aliphatic rings. The molecule has 2 aromatic rings. The maximum Gasteiger partial charge on any atom is 0.251 e. The number of nitrogens with one attached hydrogen (secondary N) is 1. The van der Waals surface area contributed by atoms with Crippen LogP contribution in [-0.2, 0) is 0 Å². The summed E-state index contributed by atoms with van der Waals surface area (Å²) >= 11 is 7.92. The molecule has 1 aromatic carbocycles. The van der Waals surface area contributed by atoms with E-state index in [1.165, 1.54) is 0 Å². The Balaban J connectivity index is 1.67. The number of carbonyl (C=O) groups excluding carboxylic acids is 1. The molecule has 23 heavy (non-hydrogen) atoms. The zero-order valence-corrected chi connectivity index (χ0v) is 14.3. The highest BCUT2D eigenvalue weighted by Crippen LogP contribution is 2.24. The third kappa shape index (κ3) is 4.31. The Morgan fingerprint density at radius 3 is 2.87 bits per heavy atom. The molecule has 0 radical (unpaired) electrons. The van der Waals surface area contributed by atoms with Crippen molar-refractivity contribution >= 4 is 29.3 Å². The number of carbonyl (C=O) groups is 1. The Morgan fingerprint density at radius 2 is 2.17 bits per heavy atom. The van der Waals surface area contributed by atoms with Gasteiger partial charge in [-0.25, -0.2) is 0 Å². The van der Waals surface area contributed by atoms with Crippen molar-refractivity contribution in [2.24, 2.45) is 0 Å². The smallest absolute Gasteiger partial charge is 0.251 e. The Kier molecular flexibility index (Phi) is 5.65. The minimum absolute atomic E-state index is 0.104. The number of halogens is 1. The fourth-order valence-corrected chi connectivity index (χ4v) is 3.85. The largest absolute Gasteiger partial charge is 0.472 e. The second-order valence-corrected chi connectivity index (χ2v) is 7.10. The lowest BCUT2D eigenvalue weighted by Gasteiger charge is -2.34. The average molecular weight is 351 g/mol. The van der Waals surface area contributed by atoms with Gasteiger partial charge in [-0.1, -0.05) is 17.7 Å². The van der Waals surface area contributed by atoms with Gasteiger partial charge in [0.05, 0.1) is 18.6 Å². The normalized spacial score (nSPS) is 16.9.